The maximum atomic E-state index is 5.92. The molecule has 0 saturated heterocycles. The van der Waals surface area contributed by atoms with E-state index in [1.165, 1.54) is 18.4 Å². The molecule has 0 aliphatic carbocycles. The molecular weight excluding hydrogens is 194 g/mol. The van der Waals surface area contributed by atoms with Gasteiger partial charge in [0.05, 0.1) is 0 Å². The summed E-state index contributed by atoms with van der Waals surface area (Å²) in [7, 11) is 0. The van der Waals surface area contributed by atoms with Gasteiger partial charge < -0.3 is 5.32 Å². The summed E-state index contributed by atoms with van der Waals surface area (Å²) in [5, 5.41) is 4.28. The molecule has 1 N–H and O–H groups in total. The van der Waals surface area contributed by atoms with Crippen LogP contribution < -0.4 is 5.32 Å². The van der Waals surface area contributed by atoms with E-state index in [1.54, 1.807) is 0 Å². The number of benzene rings is 1. The third-order valence-corrected chi connectivity index (χ3v) is 2.56. The van der Waals surface area contributed by atoms with Crippen LogP contribution >= 0.6 is 11.6 Å². The zero-order valence-electron chi connectivity index (χ0n) is 8.89. The molecule has 0 fully saturated rings. The number of hydrogen-bond acceptors (Lipinski definition) is 1. The predicted molar refractivity (Wildman–Crippen MR) is 62.8 cm³/mol. The largest absolute Gasteiger partial charge is 0.310 e. The van der Waals surface area contributed by atoms with Crippen molar-refractivity contribution in [3.8, 4) is 0 Å². The Morgan fingerprint density at radius 1 is 1.43 bits per heavy atom. The van der Waals surface area contributed by atoms with E-state index in [2.05, 4.69) is 25.2 Å². The van der Waals surface area contributed by atoms with Crippen molar-refractivity contribution in [2.75, 3.05) is 6.54 Å². The summed E-state index contributed by atoms with van der Waals surface area (Å²) in [4.78, 5) is 0. The van der Waals surface area contributed by atoms with Gasteiger partial charge in [-0.2, -0.15) is 0 Å². The van der Waals surface area contributed by atoms with Gasteiger partial charge in [0.25, 0.3) is 0 Å². The fourth-order valence-corrected chi connectivity index (χ4v) is 1.59. The van der Waals surface area contributed by atoms with Gasteiger partial charge in [0, 0.05) is 11.1 Å². The summed E-state index contributed by atoms with van der Waals surface area (Å²) in [5.41, 5.74) is 1.26. The minimum absolute atomic E-state index is 0.389. The van der Waals surface area contributed by atoms with E-state index in [1.807, 2.05) is 18.2 Å². The summed E-state index contributed by atoms with van der Waals surface area (Å²) in [5.74, 6) is 0. The first kappa shape index (κ1) is 11.5. The fraction of sp³-hybridized carbons (Fsp3) is 0.500. The van der Waals surface area contributed by atoms with Crippen LogP contribution in [0.15, 0.2) is 24.3 Å². The first-order chi connectivity index (χ1) is 6.74. The Morgan fingerprint density at radius 2 is 2.21 bits per heavy atom. The summed E-state index contributed by atoms with van der Waals surface area (Å²) in [6.07, 6.45) is 2.46. The van der Waals surface area contributed by atoms with Crippen molar-refractivity contribution in [3.05, 3.63) is 34.9 Å². The quantitative estimate of drug-likeness (QED) is 0.731. The molecule has 0 bridgehead atoms. The lowest BCUT2D eigenvalue weighted by Gasteiger charge is -2.13. The number of unbranched alkanes of at least 4 members (excludes halogenated alkanes) is 1. The van der Waals surface area contributed by atoms with E-state index in [9.17, 15) is 0 Å². The Balaban J connectivity index is 2.47. The normalized spacial score (nSPS) is 12.8. The Kier molecular flexibility index (Phi) is 4.99. The zero-order chi connectivity index (χ0) is 10.4. The van der Waals surface area contributed by atoms with E-state index in [0.29, 0.717) is 6.04 Å². The van der Waals surface area contributed by atoms with E-state index >= 15 is 0 Å². The predicted octanol–water partition coefficient (Wildman–Crippen LogP) is 3.79. The third-order valence-electron chi connectivity index (χ3n) is 2.33. The maximum Gasteiger partial charge on any atom is 0.0409 e. The van der Waals surface area contributed by atoms with Crippen LogP contribution in [0.4, 0.5) is 0 Å². The molecule has 0 aliphatic heterocycles. The van der Waals surface area contributed by atoms with Gasteiger partial charge in [0.15, 0.2) is 0 Å². The number of nitrogens with one attached hydrogen (secondary N) is 1. The molecule has 0 saturated carbocycles. The molecule has 0 radical (unpaired) electrons. The molecule has 0 aliphatic rings. The van der Waals surface area contributed by atoms with Crippen LogP contribution in [0.2, 0.25) is 5.02 Å². The molecule has 0 spiro atoms. The minimum Gasteiger partial charge on any atom is -0.310 e. The second-order valence-electron chi connectivity index (χ2n) is 3.58. The molecule has 1 nitrogen and oxygen atoms in total. The van der Waals surface area contributed by atoms with E-state index < -0.39 is 0 Å². The molecule has 0 aromatic heterocycles. The lowest BCUT2D eigenvalue weighted by Crippen LogP contribution is -2.19. The van der Waals surface area contributed by atoms with Crippen LogP contribution in [0.5, 0.6) is 0 Å². The van der Waals surface area contributed by atoms with Gasteiger partial charge in [0.2, 0.25) is 0 Å². The highest BCUT2D eigenvalue weighted by atomic mass is 35.5. The van der Waals surface area contributed by atoms with E-state index in [-0.39, 0.29) is 0 Å². The second kappa shape index (κ2) is 6.05. The van der Waals surface area contributed by atoms with Gasteiger partial charge in [-0.15, -0.1) is 0 Å². The van der Waals surface area contributed by atoms with Gasteiger partial charge >= 0.3 is 0 Å². The zero-order valence-corrected chi connectivity index (χ0v) is 9.64. The van der Waals surface area contributed by atoms with Crippen LogP contribution in [-0.4, -0.2) is 6.54 Å². The Hall–Kier alpha value is -0.530. The van der Waals surface area contributed by atoms with Crippen LogP contribution in [-0.2, 0) is 0 Å². The molecule has 1 rings (SSSR count). The summed E-state index contributed by atoms with van der Waals surface area (Å²) in [6, 6.07) is 8.42. The lowest BCUT2D eigenvalue weighted by molar-refractivity contribution is 0.554. The lowest BCUT2D eigenvalue weighted by atomic mass is 10.1. The molecule has 14 heavy (non-hydrogen) atoms. The third kappa shape index (κ3) is 3.69. The summed E-state index contributed by atoms with van der Waals surface area (Å²) >= 11 is 5.92. The SMILES string of the molecule is CCCCNC(C)c1cccc(Cl)c1. The first-order valence-corrected chi connectivity index (χ1v) is 5.60. The summed E-state index contributed by atoms with van der Waals surface area (Å²) < 4.78 is 0. The summed E-state index contributed by atoms with van der Waals surface area (Å²) in [6.45, 7) is 5.44. The highest BCUT2D eigenvalue weighted by Crippen LogP contribution is 2.17. The van der Waals surface area contributed by atoms with Gasteiger partial charge in [-0.3, -0.25) is 0 Å². The molecule has 1 aromatic rings. The molecule has 0 amide bonds. The fourth-order valence-electron chi connectivity index (χ4n) is 1.39. The second-order valence-corrected chi connectivity index (χ2v) is 4.02. The van der Waals surface area contributed by atoms with Crippen molar-refractivity contribution in [3.63, 3.8) is 0 Å². The van der Waals surface area contributed by atoms with Crippen LogP contribution in [0.3, 0.4) is 0 Å². The van der Waals surface area contributed by atoms with Crippen LogP contribution in [0.1, 0.15) is 38.3 Å². The molecule has 1 atom stereocenters. The van der Waals surface area contributed by atoms with E-state index in [4.69, 9.17) is 11.6 Å². The monoisotopic (exact) mass is 211 g/mol. The smallest absolute Gasteiger partial charge is 0.0409 e. The van der Waals surface area contributed by atoms with Gasteiger partial charge in [-0.1, -0.05) is 37.1 Å². The average molecular weight is 212 g/mol. The highest BCUT2D eigenvalue weighted by molar-refractivity contribution is 6.30. The molecule has 2 heteroatoms. The molecule has 1 aromatic carbocycles. The topological polar surface area (TPSA) is 12.0 Å². The first-order valence-electron chi connectivity index (χ1n) is 5.23. The molecule has 0 heterocycles. The molecular formula is C12H18ClN. The van der Waals surface area contributed by atoms with Crippen molar-refractivity contribution in [1.29, 1.82) is 0 Å². The van der Waals surface area contributed by atoms with Crippen molar-refractivity contribution in [2.24, 2.45) is 0 Å². The maximum absolute atomic E-state index is 5.92. The Morgan fingerprint density at radius 3 is 2.86 bits per heavy atom. The van der Waals surface area contributed by atoms with Crippen LogP contribution in [0, 0.1) is 0 Å². The number of rotatable bonds is 5. The minimum atomic E-state index is 0.389. The number of halogens is 1. The van der Waals surface area contributed by atoms with Crippen molar-refractivity contribution in [2.45, 2.75) is 32.7 Å². The van der Waals surface area contributed by atoms with Gasteiger partial charge in [0.1, 0.15) is 0 Å². The standard InChI is InChI=1S/C12H18ClN/c1-3-4-8-14-10(2)11-6-5-7-12(13)9-11/h5-7,9-10,14H,3-4,8H2,1-2H3. The molecule has 1 unspecified atom stereocenters. The number of hydrogen-bond donors (Lipinski definition) is 1. The van der Waals surface area contributed by atoms with Gasteiger partial charge in [-0.05, 0) is 37.6 Å². The van der Waals surface area contributed by atoms with Crippen molar-refractivity contribution in [1.82, 2.24) is 5.32 Å². The molecule has 78 valence electrons. The highest BCUT2D eigenvalue weighted by Gasteiger charge is 2.03. The van der Waals surface area contributed by atoms with Crippen LogP contribution in [0.25, 0.3) is 0 Å². The van der Waals surface area contributed by atoms with E-state index in [0.717, 1.165) is 11.6 Å². The Labute approximate surface area is 91.5 Å². The Bertz CT molecular complexity index is 273. The average Bonchev–Trinajstić information content (AvgIpc) is 2.18. The van der Waals surface area contributed by atoms with Gasteiger partial charge in [-0.25, -0.2) is 0 Å². The van der Waals surface area contributed by atoms with Crippen molar-refractivity contribution >= 4 is 11.6 Å². The van der Waals surface area contributed by atoms with Crippen molar-refractivity contribution < 1.29 is 0 Å².